The van der Waals surface area contributed by atoms with Crippen molar-refractivity contribution in [2.45, 2.75) is 51.3 Å². The molecular formula is C18H25NO5. The van der Waals surface area contributed by atoms with E-state index in [0.717, 1.165) is 0 Å². The second kappa shape index (κ2) is 6.43. The van der Waals surface area contributed by atoms with Crippen LogP contribution in [0, 0.1) is 5.92 Å². The fourth-order valence-electron chi connectivity index (χ4n) is 3.01. The lowest BCUT2D eigenvalue weighted by atomic mass is 9.89. The minimum Gasteiger partial charge on any atom is -0.508 e. The highest BCUT2D eigenvalue weighted by molar-refractivity contribution is 5.84. The number of carbonyl (C=O) groups excluding carboxylic acids is 2. The van der Waals surface area contributed by atoms with Crippen LogP contribution in [-0.4, -0.2) is 35.3 Å². The number of esters is 2. The molecule has 24 heavy (non-hydrogen) atoms. The number of rotatable bonds is 3. The first-order valence-electron chi connectivity index (χ1n) is 7.94. The number of methoxy groups -OCH3 is 1. The third kappa shape index (κ3) is 3.70. The highest BCUT2D eigenvalue weighted by atomic mass is 16.6. The van der Waals surface area contributed by atoms with Crippen LogP contribution in [0.3, 0.4) is 0 Å². The monoisotopic (exact) mass is 335 g/mol. The molecule has 0 aromatic heterocycles. The summed E-state index contributed by atoms with van der Waals surface area (Å²) in [6, 6.07) is 6.22. The summed E-state index contributed by atoms with van der Waals surface area (Å²) in [6.07, 6.45) is 0.230. The van der Waals surface area contributed by atoms with Gasteiger partial charge in [-0.3, -0.25) is 14.9 Å². The van der Waals surface area contributed by atoms with E-state index in [1.54, 1.807) is 52.0 Å². The van der Waals surface area contributed by atoms with Gasteiger partial charge in [0.05, 0.1) is 19.1 Å². The van der Waals surface area contributed by atoms with Gasteiger partial charge in [0.15, 0.2) is 0 Å². The average Bonchev–Trinajstić information content (AvgIpc) is 2.84. The van der Waals surface area contributed by atoms with E-state index in [9.17, 15) is 14.7 Å². The largest absolute Gasteiger partial charge is 0.508 e. The number of aromatic hydroxyl groups is 1. The van der Waals surface area contributed by atoms with Gasteiger partial charge in [-0.05, 0) is 40.2 Å². The molecule has 0 radical (unpaired) electrons. The number of para-hydroxylation sites is 1. The van der Waals surface area contributed by atoms with Crippen molar-refractivity contribution in [2.24, 2.45) is 5.92 Å². The van der Waals surface area contributed by atoms with Crippen molar-refractivity contribution >= 4 is 11.9 Å². The molecular weight excluding hydrogens is 310 g/mol. The van der Waals surface area contributed by atoms with Crippen LogP contribution < -0.4 is 5.32 Å². The molecule has 1 aromatic carbocycles. The molecule has 0 aliphatic carbocycles. The number of ether oxygens (including phenoxy) is 2. The van der Waals surface area contributed by atoms with Crippen LogP contribution in [-0.2, 0) is 19.1 Å². The van der Waals surface area contributed by atoms with Crippen LogP contribution >= 0.6 is 0 Å². The van der Waals surface area contributed by atoms with E-state index in [2.05, 4.69) is 5.32 Å². The van der Waals surface area contributed by atoms with E-state index < -0.39 is 35.0 Å². The molecule has 1 saturated heterocycles. The van der Waals surface area contributed by atoms with Crippen molar-refractivity contribution in [1.29, 1.82) is 0 Å². The average molecular weight is 335 g/mol. The Labute approximate surface area is 142 Å². The van der Waals surface area contributed by atoms with Crippen molar-refractivity contribution in [3.8, 4) is 5.75 Å². The van der Waals surface area contributed by atoms with Crippen molar-refractivity contribution in [2.75, 3.05) is 7.11 Å². The highest BCUT2D eigenvalue weighted by Gasteiger charge is 2.52. The molecule has 0 unspecified atom stereocenters. The van der Waals surface area contributed by atoms with Crippen molar-refractivity contribution < 1.29 is 24.2 Å². The molecule has 0 amide bonds. The molecule has 0 spiro atoms. The summed E-state index contributed by atoms with van der Waals surface area (Å²) in [6.45, 7) is 7.08. The van der Waals surface area contributed by atoms with Gasteiger partial charge < -0.3 is 14.6 Å². The van der Waals surface area contributed by atoms with Gasteiger partial charge in [-0.25, -0.2) is 0 Å². The van der Waals surface area contributed by atoms with Crippen LogP contribution in [0.1, 0.15) is 45.7 Å². The number of hydrogen-bond donors (Lipinski definition) is 2. The topological polar surface area (TPSA) is 84.9 Å². The summed E-state index contributed by atoms with van der Waals surface area (Å²) in [5.41, 5.74) is -1.12. The lowest BCUT2D eigenvalue weighted by molar-refractivity contribution is -0.162. The van der Waals surface area contributed by atoms with Crippen LogP contribution in [0.5, 0.6) is 5.75 Å². The van der Waals surface area contributed by atoms with Gasteiger partial charge in [-0.15, -0.1) is 0 Å². The van der Waals surface area contributed by atoms with Gasteiger partial charge in [0.2, 0.25) is 0 Å². The lowest BCUT2D eigenvalue weighted by Crippen LogP contribution is -2.48. The van der Waals surface area contributed by atoms with Gasteiger partial charge >= 0.3 is 11.9 Å². The molecule has 132 valence electrons. The third-order valence-electron chi connectivity index (χ3n) is 4.13. The van der Waals surface area contributed by atoms with Gasteiger partial charge in [-0.2, -0.15) is 0 Å². The molecule has 0 bridgehead atoms. The third-order valence-corrected chi connectivity index (χ3v) is 4.13. The molecule has 2 rings (SSSR count). The summed E-state index contributed by atoms with van der Waals surface area (Å²) in [5, 5.41) is 13.3. The van der Waals surface area contributed by atoms with E-state index in [4.69, 9.17) is 9.47 Å². The number of carbonyl (C=O) groups is 2. The van der Waals surface area contributed by atoms with Gasteiger partial charge in [0.1, 0.15) is 16.9 Å². The number of nitrogens with one attached hydrogen (secondary N) is 1. The Hall–Kier alpha value is -2.08. The quantitative estimate of drug-likeness (QED) is 0.825. The molecule has 1 aliphatic heterocycles. The summed E-state index contributed by atoms with van der Waals surface area (Å²) >= 11 is 0. The fraction of sp³-hybridized carbons (Fsp3) is 0.556. The van der Waals surface area contributed by atoms with E-state index >= 15 is 0 Å². The molecule has 1 aliphatic rings. The maximum atomic E-state index is 12.6. The molecule has 1 fully saturated rings. The van der Waals surface area contributed by atoms with E-state index in [0.29, 0.717) is 5.56 Å². The molecule has 2 N–H and O–H groups in total. The Balaban J connectivity index is 2.35. The Morgan fingerprint density at radius 2 is 1.92 bits per heavy atom. The number of hydrogen-bond acceptors (Lipinski definition) is 6. The maximum absolute atomic E-state index is 12.6. The van der Waals surface area contributed by atoms with Crippen LogP contribution in [0.25, 0.3) is 0 Å². The smallest absolute Gasteiger partial charge is 0.326 e. The Kier molecular flexibility index (Phi) is 4.90. The van der Waals surface area contributed by atoms with E-state index in [-0.39, 0.29) is 12.2 Å². The Morgan fingerprint density at radius 1 is 1.29 bits per heavy atom. The lowest BCUT2D eigenvalue weighted by Gasteiger charge is -2.29. The predicted octanol–water partition coefficient (Wildman–Crippen LogP) is 2.32. The summed E-state index contributed by atoms with van der Waals surface area (Å²) in [7, 11) is 1.31. The zero-order valence-electron chi connectivity index (χ0n) is 14.8. The first-order chi connectivity index (χ1) is 11.1. The molecule has 1 heterocycles. The predicted molar refractivity (Wildman–Crippen MR) is 88.4 cm³/mol. The summed E-state index contributed by atoms with van der Waals surface area (Å²) in [5.74, 6) is -1.39. The zero-order valence-corrected chi connectivity index (χ0v) is 14.8. The van der Waals surface area contributed by atoms with E-state index in [1.807, 2.05) is 0 Å². The highest BCUT2D eigenvalue weighted by Crippen LogP contribution is 2.42. The number of benzene rings is 1. The minimum atomic E-state index is -1.04. The van der Waals surface area contributed by atoms with Crippen LogP contribution in [0.4, 0.5) is 0 Å². The van der Waals surface area contributed by atoms with Crippen LogP contribution in [0.2, 0.25) is 0 Å². The SMILES string of the molecule is COC(=O)[C@@H]1C[C@](C)(C(=O)OC(C)(C)C)N[C@@H]1c1ccccc1O. The summed E-state index contributed by atoms with van der Waals surface area (Å²) < 4.78 is 10.4. The zero-order chi connectivity index (χ0) is 18.1. The maximum Gasteiger partial charge on any atom is 0.326 e. The van der Waals surface area contributed by atoms with Crippen molar-refractivity contribution in [1.82, 2.24) is 5.32 Å². The molecule has 6 nitrogen and oxygen atoms in total. The molecule has 6 heteroatoms. The van der Waals surface area contributed by atoms with Gasteiger partial charge in [-0.1, -0.05) is 18.2 Å². The standard InChI is InChI=1S/C18H25NO5/c1-17(2,3)24-16(22)18(4)10-12(15(21)23-5)14(19-18)11-8-6-7-9-13(11)20/h6-9,12,14,19-20H,10H2,1-5H3/t12-,14-,18-/m1/s1. The van der Waals surface area contributed by atoms with Crippen molar-refractivity contribution in [3.05, 3.63) is 29.8 Å². The second-order valence-corrected chi connectivity index (χ2v) is 7.35. The Morgan fingerprint density at radius 3 is 2.46 bits per heavy atom. The van der Waals surface area contributed by atoms with Gasteiger partial charge in [0, 0.05) is 5.56 Å². The minimum absolute atomic E-state index is 0.0670. The van der Waals surface area contributed by atoms with Crippen molar-refractivity contribution in [3.63, 3.8) is 0 Å². The molecule has 0 saturated carbocycles. The van der Waals surface area contributed by atoms with Gasteiger partial charge in [0.25, 0.3) is 0 Å². The fourth-order valence-corrected chi connectivity index (χ4v) is 3.01. The van der Waals surface area contributed by atoms with Crippen LogP contribution in [0.15, 0.2) is 24.3 Å². The second-order valence-electron chi connectivity index (χ2n) is 7.35. The first kappa shape index (κ1) is 18.3. The Bertz CT molecular complexity index is 637. The number of phenolic OH excluding ortho intramolecular Hbond substituents is 1. The molecule has 3 atom stereocenters. The number of phenols is 1. The first-order valence-corrected chi connectivity index (χ1v) is 7.94. The normalized spacial score (nSPS) is 26.9. The summed E-state index contributed by atoms with van der Waals surface area (Å²) in [4.78, 5) is 24.8. The van der Waals surface area contributed by atoms with E-state index in [1.165, 1.54) is 7.11 Å². The molecule has 1 aromatic rings.